The SMILES string of the molecule is CCOC(=O)c1nn(-c2ccc(OCC)cc2)c(=O)c2c(NC(=O)c3ccccc3C(=O)OC)scc12. The fourth-order valence-electron chi connectivity index (χ4n) is 3.66. The maximum atomic E-state index is 13.6. The number of hydrogen-bond acceptors (Lipinski definition) is 9. The molecule has 2 aromatic heterocycles. The Bertz CT molecular complexity index is 1540. The van der Waals surface area contributed by atoms with Gasteiger partial charge in [-0.3, -0.25) is 9.59 Å². The molecule has 0 aliphatic heterocycles. The molecule has 0 radical (unpaired) electrons. The van der Waals surface area contributed by atoms with E-state index in [9.17, 15) is 19.2 Å². The predicted molar refractivity (Wildman–Crippen MR) is 138 cm³/mol. The van der Waals surface area contributed by atoms with E-state index in [1.165, 1.54) is 19.2 Å². The van der Waals surface area contributed by atoms with Crippen LogP contribution in [0.3, 0.4) is 0 Å². The summed E-state index contributed by atoms with van der Waals surface area (Å²) in [5, 5.41) is 9.06. The lowest BCUT2D eigenvalue weighted by molar-refractivity contribution is 0.0519. The van der Waals surface area contributed by atoms with Gasteiger partial charge in [-0.15, -0.1) is 11.3 Å². The minimum Gasteiger partial charge on any atom is -0.494 e. The molecule has 4 aromatic rings. The lowest BCUT2D eigenvalue weighted by Crippen LogP contribution is -2.25. The van der Waals surface area contributed by atoms with Crippen LogP contribution in [0.1, 0.15) is 45.1 Å². The van der Waals surface area contributed by atoms with E-state index in [0.29, 0.717) is 18.0 Å². The van der Waals surface area contributed by atoms with Crippen LogP contribution in [0, 0.1) is 0 Å². The van der Waals surface area contributed by atoms with E-state index in [4.69, 9.17) is 14.2 Å². The maximum Gasteiger partial charge on any atom is 0.359 e. The number of carbonyl (C=O) groups is 3. The zero-order chi connectivity index (χ0) is 26.5. The van der Waals surface area contributed by atoms with Gasteiger partial charge in [0.2, 0.25) is 0 Å². The lowest BCUT2D eigenvalue weighted by Gasteiger charge is -2.11. The van der Waals surface area contributed by atoms with Crippen molar-refractivity contribution in [1.82, 2.24) is 9.78 Å². The largest absolute Gasteiger partial charge is 0.494 e. The van der Waals surface area contributed by atoms with Crippen molar-refractivity contribution in [1.29, 1.82) is 0 Å². The van der Waals surface area contributed by atoms with Gasteiger partial charge >= 0.3 is 11.9 Å². The smallest absolute Gasteiger partial charge is 0.359 e. The highest BCUT2D eigenvalue weighted by Gasteiger charge is 2.24. The van der Waals surface area contributed by atoms with Gasteiger partial charge < -0.3 is 19.5 Å². The zero-order valence-corrected chi connectivity index (χ0v) is 21.1. The number of nitrogens with one attached hydrogen (secondary N) is 1. The van der Waals surface area contributed by atoms with Crippen LogP contribution in [-0.4, -0.2) is 47.9 Å². The van der Waals surface area contributed by atoms with Crippen molar-refractivity contribution in [3.05, 3.63) is 81.1 Å². The number of thiophene rings is 1. The highest BCUT2D eigenvalue weighted by atomic mass is 32.1. The minimum absolute atomic E-state index is 0.0717. The average molecular weight is 522 g/mol. The van der Waals surface area contributed by atoms with Crippen LogP contribution in [0.4, 0.5) is 5.00 Å². The van der Waals surface area contributed by atoms with Crippen LogP contribution in [0.25, 0.3) is 16.5 Å². The molecule has 37 heavy (non-hydrogen) atoms. The van der Waals surface area contributed by atoms with Crippen molar-refractivity contribution >= 4 is 45.0 Å². The van der Waals surface area contributed by atoms with E-state index in [-0.39, 0.29) is 39.2 Å². The number of esters is 2. The van der Waals surface area contributed by atoms with Gasteiger partial charge in [0.15, 0.2) is 5.69 Å². The highest BCUT2D eigenvalue weighted by molar-refractivity contribution is 7.16. The average Bonchev–Trinajstić information content (AvgIpc) is 3.33. The van der Waals surface area contributed by atoms with Crippen molar-refractivity contribution in [3.63, 3.8) is 0 Å². The lowest BCUT2D eigenvalue weighted by atomic mass is 10.1. The second-order valence-electron chi connectivity index (χ2n) is 7.56. The minimum atomic E-state index is -0.709. The Labute approximate surface area is 215 Å². The molecule has 190 valence electrons. The zero-order valence-electron chi connectivity index (χ0n) is 20.3. The molecule has 0 unspecified atom stereocenters. The molecule has 0 aliphatic carbocycles. The van der Waals surface area contributed by atoms with E-state index in [1.807, 2.05) is 6.92 Å². The first-order valence-corrected chi connectivity index (χ1v) is 12.2. The Hall–Kier alpha value is -4.51. The molecular formula is C26H23N3O7S. The van der Waals surface area contributed by atoms with Crippen LogP contribution in [-0.2, 0) is 9.47 Å². The molecule has 0 atom stereocenters. The number of benzene rings is 2. The van der Waals surface area contributed by atoms with Gasteiger partial charge in [-0.2, -0.15) is 9.78 Å². The predicted octanol–water partition coefficient (Wildman–Crippen LogP) is 4.06. The third-order valence-corrected chi connectivity index (χ3v) is 6.21. The first-order chi connectivity index (χ1) is 17.9. The molecule has 0 saturated carbocycles. The summed E-state index contributed by atoms with van der Waals surface area (Å²) in [6.07, 6.45) is 0. The number of fused-ring (bicyclic) bond motifs is 1. The van der Waals surface area contributed by atoms with Crippen LogP contribution in [0.15, 0.2) is 58.7 Å². The molecule has 0 spiro atoms. The number of aromatic nitrogens is 2. The third kappa shape index (κ3) is 5.07. The molecule has 11 heteroatoms. The first-order valence-electron chi connectivity index (χ1n) is 11.3. The van der Waals surface area contributed by atoms with Gasteiger partial charge in [-0.25, -0.2) is 9.59 Å². The summed E-state index contributed by atoms with van der Waals surface area (Å²) in [5.74, 6) is -1.39. The number of rotatable bonds is 8. The Morgan fingerprint density at radius 2 is 1.68 bits per heavy atom. The van der Waals surface area contributed by atoms with Crippen LogP contribution in [0.5, 0.6) is 5.75 Å². The molecule has 0 bridgehead atoms. The van der Waals surface area contributed by atoms with Gasteiger partial charge in [0.1, 0.15) is 10.8 Å². The number of anilines is 1. The molecule has 4 rings (SSSR count). The summed E-state index contributed by atoms with van der Waals surface area (Å²) in [6.45, 7) is 4.11. The summed E-state index contributed by atoms with van der Waals surface area (Å²) < 4.78 is 16.5. The topological polar surface area (TPSA) is 126 Å². The van der Waals surface area contributed by atoms with Gasteiger partial charge in [-0.05, 0) is 50.2 Å². The standard InChI is InChI=1S/C26H23N3O7S/c1-4-35-16-12-10-15(11-13-16)29-24(31)20-19(21(28-29)26(33)36-5-2)14-37-23(20)27-22(30)17-8-6-7-9-18(17)25(32)34-3/h6-14H,4-5H2,1-3H3,(H,27,30). The monoisotopic (exact) mass is 521 g/mol. The van der Waals surface area contributed by atoms with Crippen LogP contribution >= 0.6 is 11.3 Å². The first kappa shape index (κ1) is 25.6. The van der Waals surface area contributed by atoms with E-state index < -0.39 is 23.4 Å². The molecule has 1 N–H and O–H groups in total. The van der Waals surface area contributed by atoms with Gasteiger partial charge in [0.25, 0.3) is 11.5 Å². The summed E-state index contributed by atoms with van der Waals surface area (Å²) >= 11 is 1.05. The summed E-state index contributed by atoms with van der Waals surface area (Å²) in [6, 6.07) is 12.8. The number of nitrogens with zero attached hydrogens (tertiary/aromatic N) is 2. The molecule has 10 nitrogen and oxygen atoms in total. The normalized spacial score (nSPS) is 10.7. The Kier molecular flexibility index (Phi) is 7.63. The van der Waals surface area contributed by atoms with Crippen molar-refractivity contribution in [3.8, 4) is 11.4 Å². The van der Waals surface area contributed by atoms with Crippen LogP contribution < -0.4 is 15.6 Å². The Balaban J connectivity index is 1.84. The second kappa shape index (κ2) is 11.0. The summed E-state index contributed by atoms with van der Waals surface area (Å²) in [7, 11) is 1.22. The Morgan fingerprint density at radius 3 is 2.32 bits per heavy atom. The Morgan fingerprint density at radius 1 is 0.973 bits per heavy atom. The molecular weight excluding hydrogens is 498 g/mol. The van der Waals surface area contributed by atoms with Crippen LogP contribution in [0.2, 0.25) is 0 Å². The molecule has 1 amide bonds. The molecule has 2 aromatic carbocycles. The van der Waals surface area contributed by atoms with Gasteiger partial charge in [-0.1, -0.05) is 12.1 Å². The van der Waals surface area contributed by atoms with Gasteiger partial charge in [0.05, 0.1) is 42.5 Å². The quantitative estimate of drug-likeness (QED) is 0.344. The molecule has 0 fully saturated rings. The summed E-state index contributed by atoms with van der Waals surface area (Å²) in [4.78, 5) is 51.6. The van der Waals surface area contributed by atoms with Crippen molar-refractivity contribution in [2.45, 2.75) is 13.8 Å². The second-order valence-corrected chi connectivity index (χ2v) is 8.44. The van der Waals surface area contributed by atoms with E-state index in [2.05, 4.69) is 10.4 Å². The highest BCUT2D eigenvalue weighted by Crippen LogP contribution is 2.31. The number of carbonyl (C=O) groups excluding carboxylic acids is 3. The van der Waals surface area contributed by atoms with E-state index >= 15 is 0 Å². The number of hydrogen-bond donors (Lipinski definition) is 1. The molecule has 0 saturated heterocycles. The van der Waals surface area contributed by atoms with Crippen molar-refractivity contribution < 1.29 is 28.6 Å². The van der Waals surface area contributed by atoms with E-state index in [0.717, 1.165) is 16.0 Å². The van der Waals surface area contributed by atoms with Crippen molar-refractivity contribution in [2.75, 3.05) is 25.6 Å². The summed E-state index contributed by atoms with van der Waals surface area (Å²) in [5.41, 5.74) is -0.0890. The molecule has 0 aliphatic rings. The van der Waals surface area contributed by atoms with E-state index in [1.54, 1.807) is 48.7 Å². The van der Waals surface area contributed by atoms with Crippen molar-refractivity contribution in [2.24, 2.45) is 0 Å². The third-order valence-electron chi connectivity index (χ3n) is 5.32. The fraction of sp³-hybridized carbons (Fsp3) is 0.192. The number of methoxy groups -OCH3 is 1. The maximum absolute atomic E-state index is 13.6. The number of amides is 1. The fourth-order valence-corrected chi connectivity index (χ4v) is 4.59. The number of ether oxygens (including phenoxy) is 3. The van der Waals surface area contributed by atoms with Gasteiger partial charge in [0, 0.05) is 10.8 Å². The molecule has 2 heterocycles.